The van der Waals surface area contributed by atoms with Gasteiger partial charge in [0.1, 0.15) is 6.04 Å². The van der Waals surface area contributed by atoms with Crippen LogP contribution < -0.4 is 0 Å². The molecule has 142 valence electrons. The van der Waals surface area contributed by atoms with Crippen molar-refractivity contribution in [2.45, 2.75) is 45.6 Å². The summed E-state index contributed by atoms with van der Waals surface area (Å²) >= 11 is 0. The molecule has 0 bridgehead atoms. The number of hydrogen-bond donors (Lipinski definition) is 0. The summed E-state index contributed by atoms with van der Waals surface area (Å²) in [5.74, 6) is 1.64. The molecule has 0 aliphatic carbocycles. The lowest BCUT2D eigenvalue weighted by Gasteiger charge is -2.20. The van der Waals surface area contributed by atoms with Crippen molar-refractivity contribution in [3.63, 3.8) is 0 Å². The van der Waals surface area contributed by atoms with Gasteiger partial charge in [-0.2, -0.15) is 10.1 Å². The molecular formula is C18H22N6O3. The quantitative estimate of drug-likeness (QED) is 0.695. The molecular weight excluding hydrogens is 348 g/mol. The van der Waals surface area contributed by atoms with Gasteiger partial charge >= 0.3 is 0 Å². The van der Waals surface area contributed by atoms with Crippen LogP contribution in [-0.4, -0.2) is 42.4 Å². The first-order chi connectivity index (χ1) is 13.0. The molecule has 4 rings (SSSR count). The predicted octanol–water partition coefficient (Wildman–Crippen LogP) is 2.87. The molecule has 1 amide bonds. The summed E-state index contributed by atoms with van der Waals surface area (Å²) in [4.78, 5) is 19.2. The van der Waals surface area contributed by atoms with Crippen molar-refractivity contribution in [3.05, 3.63) is 35.4 Å². The topological polar surface area (TPSA) is 103 Å². The average Bonchev–Trinajstić information content (AvgIpc) is 3.42. The van der Waals surface area contributed by atoms with Gasteiger partial charge < -0.3 is 13.9 Å². The molecule has 1 fully saturated rings. The zero-order valence-corrected chi connectivity index (χ0v) is 15.8. The normalized spacial score (nSPS) is 17.2. The number of carbonyl (C=O) groups excluding carboxylic acids is 1. The van der Waals surface area contributed by atoms with Gasteiger partial charge in [0.15, 0.2) is 17.3 Å². The fourth-order valence-electron chi connectivity index (χ4n) is 3.27. The number of amides is 1. The molecule has 0 N–H and O–H groups in total. The third kappa shape index (κ3) is 3.02. The van der Waals surface area contributed by atoms with E-state index in [2.05, 4.69) is 20.4 Å². The zero-order chi connectivity index (χ0) is 19.1. The highest BCUT2D eigenvalue weighted by molar-refractivity contribution is 5.93. The minimum absolute atomic E-state index is 0.175. The van der Waals surface area contributed by atoms with Crippen molar-refractivity contribution in [3.8, 4) is 11.3 Å². The molecule has 0 spiro atoms. The molecule has 1 saturated heterocycles. The van der Waals surface area contributed by atoms with E-state index in [0.717, 1.165) is 24.1 Å². The minimum atomic E-state index is -0.224. The highest BCUT2D eigenvalue weighted by Gasteiger charge is 2.36. The molecule has 0 saturated carbocycles. The third-order valence-corrected chi connectivity index (χ3v) is 5.00. The van der Waals surface area contributed by atoms with Crippen molar-refractivity contribution in [1.82, 2.24) is 30.0 Å². The second-order valence-electron chi connectivity index (χ2n) is 7.15. The molecule has 1 aliphatic rings. The van der Waals surface area contributed by atoms with Crippen LogP contribution >= 0.6 is 0 Å². The van der Waals surface area contributed by atoms with Gasteiger partial charge in [0.2, 0.25) is 5.89 Å². The van der Waals surface area contributed by atoms with Crippen molar-refractivity contribution >= 4 is 5.91 Å². The number of rotatable bonds is 4. The maximum absolute atomic E-state index is 13.0. The Hall–Kier alpha value is -2.97. The summed E-state index contributed by atoms with van der Waals surface area (Å²) in [6, 6.07) is 1.44. The first-order valence-electron chi connectivity index (χ1n) is 9.06. The highest BCUT2D eigenvalue weighted by Crippen LogP contribution is 2.33. The van der Waals surface area contributed by atoms with Crippen molar-refractivity contribution < 1.29 is 13.8 Å². The first kappa shape index (κ1) is 17.4. The van der Waals surface area contributed by atoms with E-state index in [1.54, 1.807) is 21.8 Å². The van der Waals surface area contributed by atoms with Crippen LogP contribution in [0.4, 0.5) is 0 Å². The van der Waals surface area contributed by atoms with E-state index >= 15 is 0 Å². The average molecular weight is 370 g/mol. The van der Waals surface area contributed by atoms with Gasteiger partial charge in [-0.3, -0.25) is 9.48 Å². The predicted molar refractivity (Wildman–Crippen MR) is 94.8 cm³/mol. The molecule has 0 aromatic carbocycles. The second kappa shape index (κ2) is 6.64. The van der Waals surface area contributed by atoms with Gasteiger partial charge in [0.25, 0.3) is 5.91 Å². The summed E-state index contributed by atoms with van der Waals surface area (Å²) in [7, 11) is 1.85. The van der Waals surface area contributed by atoms with Crippen LogP contribution in [0, 0.1) is 6.92 Å². The van der Waals surface area contributed by atoms with Crippen LogP contribution in [0.25, 0.3) is 11.3 Å². The van der Waals surface area contributed by atoms with E-state index in [1.807, 2.05) is 27.8 Å². The van der Waals surface area contributed by atoms with E-state index in [-0.39, 0.29) is 23.6 Å². The van der Waals surface area contributed by atoms with Gasteiger partial charge in [-0.15, -0.1) is 0 Å². The monoisotopic (exact) mass is 370 g/mol. The summed E-state index contributed by atoms with van der Waals surface area (Å²) in [6.07, 6.45) is 3.37. The van der Waals surface area contributed by atoms with Crippen molar-refractivity contribution in [2.24, 2.45) is 7.05 Å². The number of likely N-dealkylation sites (tertiary alicyclic amines) is 1. The second-order valence-corrected chi connectivity index (χ2v) is 7.15. The largest absolute Gasteiger partial charge is 0.355 e. The first-order valence-corrected chi connectivity index (χ1v) is 9.06. The van der Waals surface area contributed by atoms with Crippen LogP contribution in [0.15, 0.2) is 21.3 Å². The Balaban J connectivity index is 1.57. The fourth-order valence-corrected chi connectivity index (χ4v) is 3.27. The maximum Gasteiger partial charge on any atom is 0.276 e. The number of carbonyl (C=O) groups is 1. The van der Waals surface area contributed by atoms with Crippen molar-refractivity contribution in [1.29, 1.82) is 0 Å². The van der Waals surface area contributed by atoms with E-state index < -0.39 is 0 Å². The number of nitrogens with zero attached hydrogens (tertiary/aromatic N) is 6. The Labute approximate surface area is 156 Å². The van der Waals surface area contributed by atoms with Crippen molar-refractivity contribution in [2.75, 3.05) is 6.54 Å². The summed E-state index contributed by atoms with van der Waals surface area (Å²) in [5, 5.41) is 12.2. The van der Waals surface area contributed by atoms with E-state index in [0.29, 0.717) is 24.0 Å². The Morgan fingerprint density at radius 3 is 2.78 bits per heavy atom. The van der Waals surface area contributed by atoms with Crippen LogP contribution in [0.3, 0.4) is 0 Å². The van der Waals surface area contributed by atoms with Crippen LogP contribution in [0.5, 0.6) is 0 Å². The SMILES string of the molecule is Cc1c(-c2cc(C(=O)N3CCC[C@H]3c3nc(C(C)C)no3)no2)cnn1C. The third-order valence-electron chi connectivity index (χ3n) is 5.00. The van der Waals surface area contributed by atoms with Crippen LogP contribution in [-0.2, 0) is 7.05 Å². The Kier molecular flexibility index (Phi) is 4.29. The smallest absolute Gasteiger partial charge is 0.276 e. The maximum atomic E-state index is 13.0. The summed E-state index contributed by atoms with van der Waals surface area (Å²) in [5.41, 5.74) is 2.03. The lowest BCUT2D eigenvalue weighted by atomic mass is 10.2. The number of hydrogen-bond acceptors (Lipinski definition) is 7. The number of aromatic nitrogens is 5. The van der Waals surface area contributed by atoms with Gasteiger partial charge in [-0.25, -0.2) is 0 Å². The molecule has 9 heteroatoms. The molecule has 3 aromatic heterocycles. The molecule has 27 heavy (non-hydrogen) atoms. The van der Waals surface area contributed by atoms with Gasteiger partial charge in [0, 0.05) is 31.3 Å². The van der Waals surface area contributed by atoms with Crippen LogP contribution in [0.1, 0.15) is 66.5 Å². The molecule has 9 nitrogen and oxygen atoms in total. The van der Waals surface area contributed by atoms with E-state index in [4.69, 9.17) is 9.05 Å². The summed E-state index contributed by atoms with van der Waals surface area (Å²) in [6.45, 7) is 6.56. The minimum Gasteiger partial charge on any atom is -0.355 e. The Morgan fingerprint density at radius 1 is 1.30 bits per heavy atom. The molecule has 3 aromatic rings. The zero-order valence-electron chi connectivity index (χ0n) is 15.8. The van der Waals surface area contributed by atoms with Gasteiger partial charge in [0.05, 0.1) is 11.8 Å². The van der Waals surface area contributed by atoms with Crippen LogP contribution in [0.2, 0.25) is 0 Å². The molecule has 1 aliphatic heterocycles. The molecule has 1 atom stereocenters. The van der Waals surface area contributed by atoms with Gasteiger partial charge in [-0.1, -0.05) is 24.2 Å². The van der Waals surface area contributed by atoms with E-state index in [9.17, 15) is 4.79 Å². The lowest BCUT2D eigenvalue weighted by Crippen LogP contribution is -2.31. The molecule has 0 radical (unpaired) electrons. The van der Waals surface area contributed by atoms with Gasteiger partial charge in [-0.05, 0) is 19.8 Å². The molecule has 0 unspecified atom stereocenters. The van der Waals surface area contributed by atoms with E-state index in [1.165, 1.54) is 0 Å². The Morgan fingerprint density at radius 2 is 2.11 bits per heavy atom. The molecule has 4 heterocycles. The Bertz CT molecular complexity index is 970. The number of aryl methyl sites for hydroxylation is 1. The highest BCUT2D eigenvalue weighted by atomic mass is 16.5. The lowest BCUT2D eigenvalue weighted by molar-refractivity contribution is 0.0699. The summed E-state index contributed by atoms with van der Waals surface area (Å²) < 4.78 is 12.6. The standard InChI is InChI=1S/C18H22N6O3/c1-10(2)16-20-17(27-22-16)14-6-5-7-24(14)18(25)13-8-15(26-21-13)12-9-19-23(4)11(12)3/h8-10,14H,5-7H2,1-4H3/t14-/m0/s1. The fraction of sp³-hybridized carbons (Fsp3) is 0.500.